The second-order valence-corrected chi connectivity index (χ2v) is 4.82. The Morgan fingerprint density at radius 3 is 2.40 bits per heavy atom. The molecule has 0 aliphatic carbocycles. The molecular weight excluding hydrogens is 276 g/mol. The first-order chi connectivity index (χ1) is 9.13. The molecule has 0 radical (unpaired) electrons. The number of nitrogens with one attached hydrogen (secondary N) is 2. The van der Waals surface area contributed by atoms with Gasteiger partial charge in [-0.2, -0.15) is 0 Å². The Bertz CT molecular complexity index is 380. The highest BCUT2D eigenvalue weighted by atomic mass is 35.5. The second kappa shape index (κ2) is 10.5. The van der Waals surface area contributed by atoms with E-state index in [9.17, 15) is 4.79 Å². The maximum Gasteiger partial charge on any atom is 0.257 e. The van der Waals surface area contributed by atoms with Gasteiger partial charge in [0.25, 0.3) is 5.91 Å². The summed E-state index contributed by atoms with van der Waals surface area (Å²) in [5, 5.41) is 5.84. The fraction of sp³-hybridized carbons (Fsp3) is 0.533. The minimum Gasteiger partial charge on any atom is -0.484 e. The third-order valence-corrected chi connectivity index (χ3v) is 2.84. The van der Waals surface area contributed by atoms with Gasteiger partial charge in [0.1, 0.15) is 5.75 Å². The zero-order valence-corrected chi connectivity index (χ0v) is 13.3. The van der Waals surface area contributed by atoms with E-state index in [4.69, 9.17) is 4.74 Å². The SMILES string of the molecule is CNCCCNC(=O)COc1ccc(C(C)C)cc1.Cl. The summed E-state index contributed by atoms with van der Waals surface area (Å²) in [5.41, 5.74) is 1.27. The number of benzene rings is 1. The van der Waals surface area contributed by atoms with Gasteiger partial charge in [-0.05, 0) is 43.6 Å². The number of hydrogen-bond acceptors (Lipinski definition) is 3. The molecule has 0 heterocycles. The lowest BCUT2D eigenvalue weighted by Gasteiger charge is -2.09. The molecule has 0 atom stereocenters. The van der Waals surface area contributed by atoms with Gasteiger partial charge in [0.2, 0.25) is 0 Å². The Morgan fingerprint density at radius 2 is 1.85 bits per heavy atom. The van der Waals surface area contributed by atoms with Crippen molar-refractivity contribution in [2.24, 2.45) is 0 Å². The standard InChI is InChI=1S/C15H24N2O2.ClH/c1-12(2)13-5-7-14(8-6-13)19-11-15(18)17-10-4-9-16-3;/h5-8,12,16H,4,9-11H2,1-3H3,(H,17,18);1H. The van der Waals surface area contributed by atoms with E-state index in [1.54, 1.807) is 0 Å². The average molecular weight is 301 g/mol. The Kier molecular flexibility index (Phi) is 9.86. The number of rotatable bonds is 8. The summed E-state index contributed by atoms with van der Waals surface area (Å²) in [4.78, 5) is 11.5. The molecule has 4 nitrogen and oxygen atoms in total. The molecule has 1 rings (SSSR count). The molecule has 0 saturated carbocycles. The zero-order valence-electron chi connectivity index (χ0n) is 12.4. The number of halogens is 1. The number of carbonyl (C=O) groups excluding carboxylic acids is 1. The molecule has 1 aromatic carbocycles. The lowest BCUT2D eigenvalue weighted by molar-refractivity contribution is -0.123. The van der Waals surface area contributed by atoms with Gasteiger partial charge in [-0.25, -0.2) is 0 Å². The molecule has 0 unspecified atom stereocenters. The number of ether oxygens (including phenoxy) is 1. The van der Waals surface area contributed by atoms with Gasteiger partial charge in [0.15, 0.2) is 6.61 Å². The van der Waals surface area contributed by atoms with Crippen LogP contribution >= 0.6 is 12.4 Å². The van der Waals surface area contributed by atoms with Crippen LogP contribution in [-0.2, 0) is 4.79 Å². The number of carbonyl (C=O) groups is 1. The molecule has 20 heavy (non-hydrogen) atoms. The lowest BCUT2D eigenvalue weighted by atomic mass is 10.0. The molecule has 0 aromatic heterocycles. The summed E-state index contributed by atoms with van der Waals surface area (Å²) in [6.07, 6.45) is 0.922. The molecule has 0 bridgehead atoms. The monoisotopic (exact) mass is 300 g/mol. The van der Waals surface area contributed by atoms with Crippen LogP contribution in [0.5, 0.6) is 5.75 Å². The Hall–Kier alpha value is -1.26. The van der Waals surface area contributed by atoms with Gasteiger partial charge in [-0.1, -0.05) is 26.0 Å². The summed E-state index contributed by atoms with van der Waals surface area (Å²) in [5.74, 6) is 1.16. The van der Waals surface area contributed by atoms with Crippen LogP contribution in [0.15, 0.2) is 24.3 Å². The largest absolute Gasteiger partial charge is 0.484 e. The first kappa shape index (κ1) is 18.7. The van der Waals surface area contributed by atoms with E-state index in [-0.39, 0.29) is 24.9 Å². The Labute approximate surface area is 127 Å². The first-order valence-electron chi connectivity index (χ1n) is 6.77. The van der Waals surface area contributed by atoms with Crippen molar-refractivity contribution < 1.29 is 9.53 Å². The van der Waals surface area contributed by atoms with Gasteiger partial charge in [-0.15, -0.1) is 12.4 Å². The summed E-state index contributed by atoms with van der Waals surface area (Å²) in [6, 6.07) is 7.88. The molecule has 0 aliphatic rings. The quantitative estimate of drug-likeness (QED) is 0.725. The van der Waals surface area contributed by atoms with Crippen molar-refractivity contribution in [2.75, 3.05) is 26.7 Å². The van der Waals surface area contributed by atoms with E-state index < -0.39 is 0 Å². The summed E-state index contributed by atoms with van der Waals surface area (Å²) in [6.45, 7) is 5.94. The highest BCUT2D eigenvalue weighted by Crippen LogP contribution is 2.18. The van der Waals surface area contributed by atoms with Crippen LogP contribution in [0.2, 0.25) is 0 Å². The molecule has 0 fully saturated rings. The number of hydrogen-bond donors (Lipinski definition) is 2. The second-order valence-electron chi connectivity index (χ2n) is 4.82. The van der Waals surface area contributed by atoms with Gasteiger partial charge in [0, 0.05) is 6.54 Å². The van der Waals surface area contributed by atoms with Gasteiger partial charge in [-0.3, -0.25) is 4.79 Å². The van der Waals surface area contributed by atoms with E-state index in [1.165, 1.54) is 5.56 Å². The average Bonchev–Trinajstić information content (AvgIpc) is 2.42. The normalized spacial score (nSPS) is 10.0. The van der Waals surface area contributed by atoms with Crippen LogP contribution in [0.3, 0.4) is 0 Å². The molecule has 0 aliphatic heterocycles. The van der Waals surface area contributed by atoms with E-state index in [1.807, 2.05) is 31.3 Å². The fourth-order valence-electron chi connectivity index (χ4n) is 1.64. The third-order valence-electron chi connectivity index (χ3n) is 2.84. The molecule has 1 amide bonds. The van der Waals surface area contributed by atoms with Crippen LogP contribution in [0.4, 0.5) is 0 Å². The van der Waals surface area contributed by atoms with E-state index in [0.29, 0.717) is 12.5 Å². The third kappa shape index (κ3) is 7.36. The van der Waals surface area contributed by atoms with Crippen LogP contribution in [-0.4, -0.2) is 32.7 Å². The maximum atomic E-state index is 11.5. The predicted molar refractivity (Wildman–Crippen MR) is 84.8 cm³/mol. The highest BCUT2D eigenvalue weighted by molar-refractivity contribution is 5.85. The van der Waals surface area contributed by atoms with Gasteiger partial charge >= 0.3 is 0 Å². The minimum absolute atomic E-state index is 0. The van der Waals surface area contributed by atoms with Crippen LogP contribution in [0.25, 0.3) is 0 Å². The van der Waals surface area contributed by atoms with Crippen molar-refractivity contribution in [2.45, 2.75) is 26.2 Å². The lowest BCUT2D eigenvalue weighted by Crippen LogP contribution is -2.30. The molecule has 0 saturated heterocycles. The molecule has 2 N–H and O–H groups in total. The van der Waals surface area contributed by atoms with Crippen molar-refractivity contribution >= 4 is 18.3 Å². The summed E-state index contributed by atoms with van der Waals surface area (Å²) >= 11 is 0. The van der Waals surface area contributed by atoms with Crippen molar-refractivity contribution in [3.63, 3.8) is 0 Å². The number of amides is 1. The molecule has 5 heteroatoms. The van der Waals surface area contributed by atoms with E-state index in [0.717, 1.165) is 18.7 Å². The van der Waals surface area contributed by atoms with Crippen molar-refractivity contribution in [1.82, 2.24) is 10.6 Å². The van der Waals surface area contributed by atoms with Crippen LogP contribution in [0.1, 0.15) is 31.7 Å². The summed E-state index contributed by atoms with van der Waals surface area (Å²) in [7, 11) is 1.89. The van der Waals surface area contributed by atoms with Crippen molar-refractivity contribution in [3.8, 4) is 5.75 Å². The van der Waals surface area contributed by atoms with Crippen molar-refractivity contribution in [3.05, 3.63) is 29.8 Å². The van der Waals surface area contributed by atoms with E-state index in [2.05, 4.69) is 24.5 Å². The molecule has 114 valence electrons. The molecular formula is C15H25ClN2O2. The van der Waals surface area contributed by atoms with E-state index >= 15 is 0 Å². The maximum absolute atomic E-state index is 11.5. The zero-order chi connectivity index (χ0) is 14.1. The highest BCUT2D eigenvalue weighted by Gasteiger charge is 2.03. The van der Waals surface area contributed by atoms with Crippen LogP contribution in [0, 0.1) is 0 Å². The topological polar surface area (TPSA) is 50.4 Å². The predicted octanol–water partition coefficient (Wildman–Crippen LogP) is 2.34. The van der Waals surface area contributed by atoms with Gasteiger partial charge in [0.05, 0.1) is 0 Å². The minimum atomic E-state index is -0.0796. The van der Waals surface area contributed by atoms with Crippen molar-refractivity contribution in [1.29, 1.82) is 0 Å². The van der Waals surface area contributed by atoms with Crippen LogP contribution < -0.4 is 15.4 Å². The van der Waals surface area contributed by atoms with Gasteiger partial charge < -0.3 is 15.4 Å². The molecule has 0 spiro atoms. The summed E-state index contributed by atoms with van der Waals surface area (Å²) < 4.78 is 5.43. The smallest absolute Gasteiger partial charge is 0.257 e. The fourth-order valence-corrected chi connectivity index (χ4v) is 1.64. The Morgan fingerprint density at radius 1 is 1.20 bits per heavy atom. The first-order valence-corrected chi connectivity index (χ1v) is 6.77. The Balaban J connectivity index is 0.00000361. The molecule has 1 aromatic rings.